The normalized spacial score (nSPS) is 12.0. The smallest absolute Gasteiger partial charge is 0.180 e. The Morgan fingerprint density at radius 1 is 0.967 bits per heavy atom. The van der Waals surface area contributed by atoms with Crippen molar-refractivity contribution in [2.24, 2.45) is 7.05 Å². The van der Waals surface area contributed by atoms with Gasteiger partial charge in [-0.3, -0.25) is 0 Å². The average Bonchev–Trinajstić information content (AvgIpc) is 3.34. The van der Waals surface area contributed by atoms with E-state index in [1.807, 2.05) is 34.7 Å². The van der Waals surface area contributed by atoms with Gasteiger partial charge >= 0.3 is 0 Å². The van der Waals surface area contributed by atoms with Crippen molar-refractivity contribution < 1.29 is 0 Å². The molecule has 0 bridgehead atoms. The highest BCUT2D eigenvalue weighted by atomic mass is 15.1. The molecule has 0 amide bonds. The predicted octanol–water partition coefficient (Wildman–Crippen LogP) is 5.32. The molecular formula is C24H24N6. The van der Waals surface area contributed by atoms with Crippen LogP contribution in [0, 0.1) is 0 Å². The third-order valence-electron chi connectivity index (χ3n) is 5.41. The van der Waals surface area contributed by atoms with E-state index in [-0.39, 0.29) is 5.41 Å². The molecule has 1 N–H and O–H groups in total. The van der Waals surface area contributed by atoms with Crippen LogP contribution < -0.4 is 5.32 Å². The number of nitrogens with one attached hydrogen (secondary N) is 1. The van der Waals surface area contributed by atoms with Gasteiger partial charge in [0, 0.05) is 36.9 Å². The van der Waals surface area contributed by atoms with Crippen molar-refractivity contribution in [3.05, 3.63) is 72.9 Å². The van der Waals surface area contributed by atoms with Crippen molar-refractivity contribution in [2.75, 3.05) is 5.32 Å². The quantitative estimate of drug-likeness (QED) is 0.448. The first-order valence-corrected chi connectivity index (χ1v) is 10.0. The van der Waals surface area contributed by atoms with E-state index in [1.54, 1.807) is 6.20 Å². The standard InChI is InChI=1S/C24H24N6/c1-24(2,3)17-6-8-18(9-7-17)27-22-23-25-11-12-30(23)14-20(28-22)16-5-10-21-19(13-16)26-15-29(21)4/h5-15H,1-4H3,(H,27,28). The van der Waals surface area contributed by atoms with Gasteiger partial charge in [0.2, 0.25) is 0 Å². The Labute approximate surface area is 175 Å². The van der Waals surface area contributed by atoms with Crippen LogP contribution in [0.25, 0.3) is 27.9 Å². The van der Waals surface area contributed by atoms with Gasteiger partial charge in [-0.25, -0.2) is 15.0 Å². The van der Waals surface area contributed by atoms with Gasteiger partial charge in [0.15, 0.2) is 11.5 Å². The maximum atomic E-state index is 4.89. The molecule has 150 valence electrons. The summed E-state index contributed by atoms with van der Waals surface area (Å²) < 4.78 is 4.01. The number of fused-ring (bicyclic) bond motifs is 2. The van der Waals surface area contributed by atoms with Crippen molar-refractivity contribution in [3.8, 4) is 11.3 Å². The van der Waals surface area contributed by atoms with Gasteiger partial charge in [-0.15, -0.1) is 0 Å². The average molecular weight is 396 g/mol. The highest BCUT2D eigenvalue weighted by Crippen LogP contribution is 2.28. The van der Waals surface area contributed by atoms with Crippen LogP contribution in [0.4, 0.5) is 11.5 Å². The number of hydrogen-bond donors (Lipinski definition) is 1. The number of imidazole rings is 2. The Morgan fingerprint density at radius 2 is 1.77 bits per heavy atom. The highest BCUT2D eigenvalue weighted by molar-refractivity contribution is 5.82. The van der Waals surface area contributed by atoms with Crippen LogP contribution in [0.15, 0.2) is 67.4 Å². The molecule has 5 rings (SSSR count). The zero-order valence-corrected chi connectivity index (χ0v) is 17.6. The lowest BCUT2D eigenvalue weighted by atomic mass is 9.87. The lowest BCUT2D eigenvalue weighted by Gasteiger charge is -2.19. The lowest BCUT2D eigenvalue weighted by Crippen LogP contribution is -2.10. The minimum absolute atomic E-state index is 0.122. The third kappa shape index (κ3) is 3.20. The van der Waals surface area contributed by atoms with Gasteiger partial charge < -0.3 is 14.3 Å². The third-order valence-corrected chi connectivity index (χ3v) is 5.41. The van der Waals surface area contributed by atoms with Crippen LogP contribution in [0.2, 0.25) is 0 Å². The Bertz CT molecular complexity index is 1350. The van der Waals surface area contributed by atoms with Gasteiger partial charge in [-0.2, -0.15) is 0 Å². The van der Waals surface area contributed by atoms with Crippen LogP contribution in [-0.2, 0) is 12.5 Å². The van der Waals surface area contributed by atoms with Gasteiger partial charge in [-0.1, -0.05) is 39.0 Å². The van der Waals surface area contributed by atoms with Crippen LogP contribution in [-0.4, -0.2) is 23.9 Å². The van der Waals surface area contributed by atoms with Crippen molar-refractivity contribution >= 4 is 28.2 Å². The summed E-state index contributed by atoms with van der Waals surface area (Å²) in [6, 6.07) is 14.7. The summed E-state index contributed by atoms with van der Waals surface area (Å²) in [6.07, 6.45) is 7.56. The Kier molecular flexibility index (Phi) is 4.10. The van der Waals surface area contributed by atoms with Crippen molar-refractivity contribution in [2.45, 2.75) is 26.2 Å². The zero-order valence-electron chi connectivity index (χ0n) is 17.6. The van der Waals surface area contributed by atoms with Gasteiger partial charge in [-0.05, 0) is 35.2 Å². The summed E-state index contributed by atoms with van der Waals surface area (Å²) in [7, 11) is 2.00. The molecule has 0 radical (unpaired) electrons. The molecule has 6 nitrogen and oxygen atoms in total. The number of anilines is 2. The number of aryl methyl sites for hydroxylation is 1. The van der Waals surface area contributed by atoms with E-state index < -0.39 is 0 Å². The summed E-state index contributed by atoms with van der Waals surface area (Å²) in [5.74, 6) is 0.724. The van der Waals surface area contributed by atoms with Crippen LogP contribution >= 0.6 is 0 Å². The first-order chi connectivity index (χ1) is 14.4. The second-order valence-electron chi connectivity index (χ2n) is 8.64. The molecule has 0 spiro atoms. The Hall–Kier alpha value is -3.67. The van der Waals surface area contributed by atoms with E-state index in [0.29, 0.717) is 0 Å². The zero-order chi connectivity index (χ0) is 20.9. The number of hydrogen-bond acceptors (Lipinski definition) is 4. The Balaban J connectivity index is 1.55. The number of benzene rings is 2. The molecule has 0 aliphatic rings. The van der Waals surface area contributed by atoms with Gasteiger partial charge in [0.25, 0.3) is 0 Å². The molecular weight excluding hydrogens is 372 g/mol. The maximum Gasteiger partial charge on any atom is 0.180 e. The molecule has 30 heavy (non-hydrogen) atoms. The lowest BCUT2D eigenvalue weighted by molar-refractivity contribution is 0.590. The SMILES string of the molecule is Cn1cnc2cc(-c3cn4ccnc4c(Nc4ccc(C(C)(C)C)cc4)n3)ccc21. The molecule has 5 aromatic rings. The molecule has 2 aromatic carbocycles. The van der Waals surface area contributed by atoms with Crippen molar-refractivity contribution in [1.29, 1.82) is 0 Å². The van der Waals surface area contributed by atoms with Crippen LogP contribution in [0.3, 0.4) is 0 Å². The largest absolute Gasteiger partial charge is 0.337 e. The number of nitrogens with zero attached hydrogens (tertiary/aromatic N) is 5. The first kappa shape index (κ1) is 18.4. The molecule has 3 heterocycles. The molecule has 0 saturated heterocycles. The summed E-state index contributed by atoms with van der Waals surface area (Å²) in [5.41, 5.74) is 7.12. The maximum absolute atomic E-state index is 4.89. The van der Waals surface area contributed by atoms with Crippen LogP contribution in [0.1, 0.15) is 26.3 Å². The number of rotatable bonds is 3. The minimum atomic E-state index is 0.122. The summed E-state index contributed by atoms with van der Waals surface area (Å²) in [6.45, 7) is 6.65. The topological polar surface area (TPSA) is 60.0 Å². The summed E-state index contributed by atoms with van der Waals surface area (Å²) >= 11 is 0. The molecule has 0 saturated carbocycles. The molecule has 0 atom stereocenters. The van der Waals surface area contributed by atoms with Crippen molar-refractivity contribution in [1.82, 2.24) is 23.9 Å². The second-order valence-corrected chi connectivity index (χ2v) is 8.64. The van der Waals surface area contributed by atoms with E-state index in [1.165, 1.54) is 5.56 Å². The Morgan fingerprint density at radius 3 is 2.53 bits per heavy atom. The fraction of sp³-hybridized carbons (Fsp3) is 0.208. The molecule has 0 aliphatic heterocycles. The monoisotopic (exact) mass is 396 g/mol. The molecule has 0 aliphatic carbocycles. The first-order valence-electron chi connectivity index (χ1n) is 10.0. The fourth-order valence-corrected chi connectivity index (χ4v) is 3.64. The van der Waals surface area contributed by atoms with Crippen LogP contribution in [0.5, 0.6) is 0 Å². The summed E-state index contributed by atoms with van der Waals surface area (Å²) in [4.78, 5) is 13.9. The van der Waals surface area contributed by atoms with E-state index in [0.717, 1.165) is 39.4 Å². The summed E-state index contributed by atoms with van der Waals surface area (Å²) in [5, 5.41) is 3.45. The molecule has 3 aromatic heterocycles. The highest BCUT2D eigenvalue weighted by Gasteiger charge is 2.14. The molecule has 6 heteroatoms. The second kappa shape index (κ2) is 6.69. The van der Waals surface area contributed by atoms with Crippen molar-refractivity contribution in [3.63, 3.8) is 0 Å². The van der Waals surface area contributed by atoms with E-state index in [9.17, 15) is 0 Å². The van der Waals surface area contributed by atoms with E-state index in [4.69, 9.17) is 4.98 Å². The molecule has 0 fully saturated rings. The van der Waals surface area contributed by atoms with Gasteiger partial charge in [0.05, 0.1) is 23.1 Å². The van der Waals surface area contributed by atoms with Gasteiger partial charge in [0.1, 0.15) is 0 Å². The van der Waals surface area contributed by atoms with E-state index >= 15 is 0 Å². The predicted molar refractivity (Wildman–Crippen MR) is 121 cm³/mol. The fourth-order valence-electron chi connectivity index (χ4n) is 3.64. The van der Waals surface area contributed by atoms with E-state index in [2.05, 4.69) is 78.5 Å². The minimum Gasteiger partial charge on any atom is -0.337 e. The molecule has 0 unspecified atom stereocenters. The number of aromatic nitrogens is 5.